The molecule has 0 saturated heterocycles. The Bertz CT molecular complexity index is 1850. The molecule has 0 fully saturated rings. The summed E-state index contributed by atoms with van der Waals surface area (Å²) < 4.78 is 32.6. The van der Waals surface area contributed by atoms with Crippen LogP contribution in [0, 0.1) is 0 Å². The molecule has 5 heterocycles. The summed E-state index contributed by atoms with van der Waals surface area (Å²) >= 11 is 0. The van der Waals surface area contributed by atoms with Gasteiger partial charge in [-0.15, -0.1) is 0 Å². The van der Waals surface area contributed by atoms with Crippen LogP contribution in [0.25, 0.3) is 0 Å². The van der Waals surface area contributed by atoms with Crippen molar-refractivity contribution in [2.24, 2.45) is 0 Å². The van der Waals surface area contributed by atoms with Crippen LogP contribution in [0.2, 0.25) is 0 Å². The lowest BCUT2D eigenvalue weighted by Gasteiger charge is -2.39. The fourth-order valence-corrected chi connectivity index (χ4v) is 7.98. The van der Waals surface area contributed by atoms with Gasteiger partial charge >= 0.3 is 0 Å². The van der Waals surface area contributed by atoms with Gasteiger partial charge in [0, 0.05) is 37.3 Å². The number of benzene rings is 4. The minimum Gasteiger partial charge on any atom is -0.493 e. The monoisotopic (exact) mass is 661 g/mol. The maximum atomic E-state index is 6.96. The van der Waals surface area contributed by atoms with Crippen LogP contribution in [0.15, 0.2) is 60.7 Å². The van der Waals surface area contributed by atoms with Crippen molar-refractivity contribution in [2.45, 2.75) is 51.6 Å². The van der Waals surface area contributed by atoms with E-state index in [0.29, 0.717) is 12.4 Å². The maximum Gasteiger partial charge on any atom is 0.212 e. The number of fused-ring (bicyclic) bond motifs is 2. The van der Waals surface area contributed by atoms with E-state index in [4.69, 9.17) is 23.7 Å². The van der Waals surface area contributed by atoms with E-state index in [2.05, 4.69) is 103 Å². The highest BCUT2D eigenvalue weighted by Gasteiger charge is 2.37. The van der Waals surface area contributed by atoms with Crippen LogP contribution < -0.4 is 23.7 Å². The quantitative estimate of drug-likeness (QED) is 0.174. The Morgan fingerprint density at radius 2 is 1.41 bits per heavy atom. The first-order chi connectivity index (χ1) is 23.9. The van der Waals surface area contributed by atoms with Gasteiger partial charge in [0.15, 0.2) is 34.5 Å². The molecular weight excluding hydrogens is 614 g/mol. The van der Waals surface area contributed by atoms with Crippen LogP contribution in [0.4, 0.5) is 0 Å². The second-order valence-electron chi connectivity index (χ2n) is 13.8. The van der Waals surface area contributed by atoms with Gasteiger partial charge in [-0.3, -0.25) is 9.80 Å². The molecule has 7 bridgehead atoms. The van der Waals surface area contributed by atoms with E-state index >= 15 is 0 Å². The molecule has 0 saturated carbocycles. The predicted molar refractivity (Wildman–Crippen MR) is 191 cm³/mol. The highest BCUT2D eigenvalue weighted by atomic mass is 16.6. The lowest BCUT2D eigenvalue weighted by atomic mass is 9.86. The first-order valence-corrected chi connectivity index (χ1v) is 17.8. The van der Waals surface area contributed by atoms with Gasteiger partial charge < -0.3 is 28.6 Å². The second kappa shape index (κ2) is 13.2. The predicted octanol–water partition coefficient (Wildman–Crippen LogP) is 7.96. The first kappa shape index (κ1) is 32.0. The van der Waals surface area contributed by atoms with E-state index in [9.17, 15) is 0 Å². The minimum absolute atomic E-state index is 0.109. The molecular formula is C41H47N3O5. The molecule has 2 atom stereocenters. The molecule has 2 unspecified atom stereocenters. The van der Waals surface area contributed by atoms with Gasteiger partial charge in [0.1, 0.15) is 12.4 Å². The Kier molecular flexibility index (Phi) is 8.64. The average Bonchev–Trinajstić information content (AvgIpc) is 3.11. The van der Waals surface area contributed by atoms with Crippen LogP contribution in [0.1, 0.15) is 59.3 Å². The van der Waals surface area contributed by atoms with Crippen LogP contribution >= 0.6 is 0 Å². The molecule has 8 heteroatoms. The van der Waals surface area contributed by atoms with Crippen molar-refractivity contribution in [1.29, 1.82) is 0 Å². The zero-order valence-corrected chi connectivity index (χ0v) is 29.4. The summed E-state index contributed by atoms with van der Waals surface area (Å²) in [7, 11) is 6.14. The molecule has 4 aromatic rings. The Hall–Kier alpha value is -4.24. The second-order valence-corrected chi connectivity index (χ2v) is 13.8. The van der Waals surface area contributed by atoms with E-state index in [1.807, 2.05) is 0 Å². The average molecular weight is 662 g/mol. The van der Waals surface area contributed by atoms with Crippen molar-refractivity contribution in [1.82, 2.24) is 14.7 Å². The Morgan fingerprint density at radius 3 is 2.18 bits per heavy atom. The van der Waals surface area contributed by atoms with Gasteiger partial charge in [-0.05, 0) is 123 Å². The van der Waals surface area contributed by atoms with Crippen molar-refractivity contribution >= 4 is 0 Å². The number of nitrogens with zero attached hydrogens (tertiary/aromatic N) is 3. The third kappa shape index (κ3) is 6.00. The largest absolute Gasteiger partial charge is 0.493 e. The molecule has 9 rings (SSSR count). The van der Waals surface area contributed by atoms with Gasteiger partial charge in [0.25, 0.3) is 0 Å². The van der Waals surface area contributed by atoms with Gasteiger partial charge in [-0.1, -0.05) is 32.0 Å². The molecule has 0 spiro atoms. The highest BCUT2D eigenvalue weighted by molar-refractivity contribution is 5.67. The number of hydrogen-bond acceptors (Lipinski definition) is 8. The third-order valence-corrected chi connectivity index (χ3v) is 11.0. The maximum absolute atomic E-state index is 6.96. The molecule has 0 amide bonds. The first-order valence-electron chi connectivity index (χ1n) is 17.8. The van der Waals surface area contributed by atoms with Crippen molar-refractivity contribution in [3.63, 3.8) is 0 Å². The lowest BCUT2D eigenvalue weighted by molar-refractivity contribution is 0.217. The Balaban J connectivity index is 1.24. The van der Waals surface area contributed by atoms with E-state index in [1.54, 1.807) is 7.11 Å². The van der Waals surface area contributed by atoms with Crippen LogP contribution in [-0.2, 0) is 25.7 Å². The molecule has 5 aliphatic heterocycles. The van der Waals surface area contributed by atoms with Gasteiger partial charge in [0.05, 0.1) is 7.11 Å². The normalized spacial score (nSPS) is 19.5. The third-order valence-electron chi connectivity index (χ3n) is 11.0. The SMILES string of the molecule is CCN(CC)CCOc1ccc2cc1Oc1ccc(cc1)CC1c3c(cc(OC)c4c3Oc3cc5c(cc3O4)CCN(C)C5C2)CCN1C. The van der Waals surface area contributed by atoms with Crippen molar-refractivity contribution in [2.75, 3.05) is 60.5 Å². The van der Waals surface area contributed by atoms with Crippen LogP contribution in [0.5, 0.6) is 46.0 Å². The Labute approximate surface area is 290 Å². The van der Waals surface area contributed by atoms with Crippen LogP contribution in [-0.4, -0.2) is 75.2 Å². The van der Waals surface area contributed by atoms with E-state index < -0.39 is 0 Å². The molecule has 49 heavy (non-hydrogen) atoms. The van der Waals surface area contributed by atoms with Gasteiger partial charge in [0.2, 0.25) is 5.75 Å². The van der Waals surface area contributed by atoms with E-state index in [-0.39, 0.29) is 12.1 Å². The summed E-state index contributed by atoms with van der Waals surface area (Å²) in [6.45, 7) is 9.77. The van der Waals surface area contributed by atoms with Crippen molar-refractivity contribution < 1.29 is 23.7 Å². The fourth-order valence-electron chi connectivity index (χ4n) is 7.98. The number of hydrogen-bond donors (Lipinski definition) is 0. The van der Waals surface area contributed by atoms with Crippen molar-refractivity contribution in [3.05, 3.63) is 94.0 Å². The molecule has 0 N–H and O–H groups in total. The topological polar surface area (TPSA) is 55.9 Å². The number of ether oxygens (including phenoxy) is 5. The summed E-state index contributed by atoms with van der Waals surface area (Å²) in [5, 5.41) is 0. The summed E-state index contributed by atoms with van der Waals surface area (Å²) in [6, 6.07) is 21.8. The number of methoxy groups -OCH3 is 1. The van der Waals surface area contributed by atoms with Crippen molar-refractivity contribution in [3.8, 4) is 46.0 Å². The van der Waals surface area contributed by atoms with E-state index in [1.165, 1.54) is 33.4 Å². The molecule has 4 aromatic carbocycles. The molecule has 0 aromatic heterocycles. The summed E-state index contributed by atoms with van der Waals surface area (Å²) in [5.41, 5.74) is 7.43. The zero-order valence-electron chi connectivity index (χ0n) is 29.4. The standard InChI is InChI=1S/C41H47N3O5/c1-6-44(7-2)18-19-46-34-13-10-27-21-32-31-25-37-36(23-28(31)14-16-42(32)3)48-40-38(45-5)24-29-15-17-43(4)33(39(29)41(40)49-37)20-26-8-11-30(12-9-26)47-35(34)22-27/h8-13,22-25,32-33H,6-7,14-21H2,1-5H3. The highest BCUT2D eigenvalue weighted by Crippen LogP contribution is 2.56. The summed E-state index contributed by atoms with van der Waals surface area (Å²) in [5.74, 6) is 6.00. The molecule has 5 aliphatic rings. The van der Waals surface area contributed by atoms with Crippen LogP contribution in [0.3, 0.4) is 0 Å². The fraction of sp³-hybridized carbons (Fsp3) is 0.415. The summed E-state index contributed by atoms with van der Waals surface area (Å²) in [4.78, 5) is 7.25. The number of rotatable bonds is 7. The van der Waals surface area contributed by atoms with Gasteiger partial charge in [-0.25, -0.2) is 0 Å². The Morgan fingerprint density at radius 1 is 0.714 bits per heavy atom. The molecule has 0 aliphatic carbocycles. The minimum atomic E-state index is 0.109. The molecule has 8 nitrogen and oxygen atoms in total. The number of likely N-dealkylation sites (N-methyl/N-ethyl adjacent to an activating group) is 3. The van der Waals surface area contributed by atoms with E-state index in [0.717, 1.165) is 98.7 Å². The molecule has 0 radical (unpaired) electrons. The summed E-state index contributed by atoms with van der Waals surface area (Å²) in [6.07, 6.45) is 3.52. The lowest BCUT2D eigenvalue weighted by Crippen LogP contribution is -2.34. The molecule has 256 valence electrons. The smallest absolute Gasteiger partial charge is 0.212 e. The zero-order chi connectivity index (χ0) is 33.6. The van der Waals surface area contributed by atoms with Gasteiger partial charge in [-0.2, -0.15) is 0 Å².